The minimum Gasteiger partial charge on any atom is -0.386 e. The van der Waals surface area contributed by atoms with E-state index in [4.69, 9.17) is 0 Å². The number of aromatic nitrogens is 1. The second kappa shape index (κ2) is 6.54. The molecule has 2 unspecified atom stereocenters. The van der Waals surface area contributed by atoms with Crippen molar-refractivity contribution in [1.29, 1.82) is 0 Å². The molecule has 0 bridgehead atoms. The monoisotopic (exact) mass is 286 g/mol. The Hall–Kier alpha value is -1.45. The Balaban J connectivity index is 2.41. The van der Waals surface area contributed by atoms with Crippen LogP contribution in [0.1, 0.15) is 45.8 Å². The van der Waals surface area contributed by atoms with Gasteiger partial charge in [-0.2, -0.15) is 0 Å². The van der Waals surface area contributed by atoms with Crippen LogP contribution >= 0.6 is 0 Å². The van der Waals surface area contributed by atoms with Crippen LogP contribution in [0.25, 0.3) is 10.9 Å². The molecule has 0 aliphatic rings. The summed E-state index contributed by atoms with van der Waals surface area (Å²) in [7, 11) is 0. The molecule has 114 valence electrons. The van der Waals surface area contributed by atoms with Crippen LogP contribution in [0.4, 0.5) is 0 Å². The number of aliphatic hydroxyl groups excluding tert-OH is 1. The molecule has 1 aromatic heterocycles. The van der Waals surface area contributed by atoms with E-state index in [9.17, 15) is 5.11 Å². The Morgan fingerprint density at radius 2 is 1.90 bits per heavy atom. The SMILES string of the molecule is CCN(CC)C(C)(CC)C(O)c1ccc2ncccc2c1. The maximum Gasteiger partial charge on any atom is 0.0971 e. The lowest BCUT2D eigenvalue weighted by Crippen LogP contribution is -2.50. The molecule has 2 atom stereocenters. The highest BCUT2D eigenvalue weighted by Gasteiger charge is 2.36. The van der Waals surface area contributed by atoms with Gasteiger partial charge in [0.15, 0.2) is 0 Å². The number of benzene rings is 1. The van der Waals surface area contributed by atoms with Crippen LogP contribution in [-0.2, 0) is 0 Å². The number of aliphatic hydroxyl groups is 1. The minimum absolute atomic E-state index is 0.251. The molecular formula is C18H26N2O. The number of pyridine rings is 1. The quantitative estimate of drug-likeness (QED) is 0.878. The van der Waals surface area contributed by atoms with Crippen molar-refractivity contribution in [3.8, 4) is 0 Å². The lowest BCUT2D eigenvalue weighted by molar-refractivity contribution is -0.0213. The topological polar surface area (TPSA) is 36.4 Å². The standard InChI is InChI=1S/C18H26N2O/c1-5-18(4,20(6-2)7-3)17(21)15-10-11-16-14(13-15)9-8-12-19-16/h8-13,17,21H,5-7H2,1-4H3. The van der Waals surface area contributed by atoms with Crippen LogP contribution in [0.2, 0.25) is 0 Å². The number of nitrogens with zero attached hydrogens (tertiary/aromatic N) is 2. The normalized spacial score (nSPS) is 16.1. The van der Waals surface area contributed by atoms with Gasteiger partial charge in [0.05, 0.1) is 11.6 Å². The van der Waals surface area contributed by atoms with Gasteiger partial charge in [-0.1, -0.05) is 32.9 Å². The van der Waals surface area contributed by atoms with Gasteiger partial charge < -0.3 is 5.11 Å². The third-order valence-corrected chi connectivity index (χ3v) is 4.73. The Morgan fingerprint density at radius 3 is 2.52 bits per heavy atom. The molecule has 1 aromatic carbocycles. The van der Waals surface area contributed by atoms with Gasteiger partial charge in [0, 0.05) is 17.1 Å². The first kappa shape index (κ1) is 15.9. The lowest BCUT2D eigenvalue weighted by Gasteiger charge is -2.43. The fourth-order valence-corrected chi connectivity index (χ4v) is 3.16. The predicted molar refractivity (Wildman–Crippen MR) is 88.3 cm³/mol. The highest BCUT2D eigenvalue weighted by atomic mass is 16.3. The van der Waals surface area contributed by atoms with Crippen molar-refractivity contribution in [2.45, 2.75) is 45.8 Å². The number of likely N-dealkylation sites (N-methyl/N-ethyl adjacent to an activating group) is 1. The second-order valence-corrected chi connectivity index (χ2v) is 5.74. The molecule has 0 aliphatic carbocycles. The Kier molecular flexibility index (Phi) is 4.96. The molecule has 1 N–H and O–H groups in total. The summed E-state index contributed by atoms with van der Waals surface area (Å²) in [6.07, 6.45) is 2.19. The average molecular weight is 286 g/mol. The van der Waals surface area contributed by atoms with E-state index in [2.05, 4.69) is 43.6 Å². The highest BCUT2D eigenvalue weighted by molar-refractivity contribution is 5.79. The lowest BCUT2D eigenvalue weighted by atomic mass is 9.84. The number of hydrogen-bond donors (Lipinski definition) is 1. The third-order valence-electron chi connectivity index (χ3n) is 4.73. The molecule has 2 aromatic rings. The predicted octanol–water partition coefficient (Wildman–Crippen LogP) is 3.78. The van der Waals surface area contributed by atoms with Crippen LogP contribution in [0.5, 0.6) is 0 Å². The van der Waals surface area contributed by atoms with E-state index < -0.39 is 6.10 Å². The molecular weight excluding hydrogens is 260 g/mol. The first-order valence-electron chi connectivity index (χ1n) is 7.84. The molecule has 0 amide bonds. The molecule has 0 radical (unpaired) electrons. The van der Waals surface area contributed by atoms with Crippen molar-refractivity contribution in [2.75, 3.05) is 13.1 Å². The third kappa shape index (κ3) is 2.94. The molecule has 0 saturated heterocycles. The summed E-state index contributed by atoms with van der Waals surface area (Å²) >= 11 is 0. The summed E-state index contributed by atoms with van der Waals surface area (Å²) < 4.78 is 0. The van der Waals surface area contributed by atoms with Gasteiger partial charge in [0.2, 0.25) is 0 Å². The summed E-state index contributed by atoms with van der Waals surface area (Å²) in [6, 6.07) is 10.0. The number of hydrogen-bond acceptors (Lipinski definition) is 3. The largest absolute Gasteiger partial charge is 0.386 e. The van der Waals surface area contributed by atoms with Crippen LogP contribution in [0.15, 0.2) is 36.5 Å². The van der Waals surface area contributed by atoms with Gasteiger partial charge in [-0.25, -0.2) is 0 Å². The molecule has 0 fully saturated rings. The van der Waals surface area contributed by atoms with Crippen LogP contribution in [-0.4, -0.2) is 33.6 Å². The Labute approximate surface area is 127 Å². The van der Waals surface area contributed by atoms with Crippen molar-refractivity contribution in [3.63, 3.8) is 0 Å². The van der Waals surface area contributed by atoms with Gasteiger partial charge in [-0.15, -0.1) is 0 Å². The van der Waals surface area contributed by atoms with Crippen molar-refractivity contribution >= 4 is 10.9 Å². The molecule has 0 spiro atoms. The zero-order valence-electron chi connectivity index (χ0n) is 13.5. The van der Waals surface area contributed by atoms with Crippen LogP contribution < -0.4 is 0 Å². The van der Waals surface area contributed by atoms with Gasteiger partial charge in [-0.05, 0) is 50.2 Å². The van der Waals surface area contributed by atoms with E-state index in [0.717, 1.165) is 36.0 Å². The smallest absolute Gasteiger partial charge is 0.0971 e. The molecule has 0 saturated carbocycles. The summed E-state index contributed by atoms with van der Waals surface area (Å²) in [4.78, 5) is 6.68. The van der Waals surface area contributed by atoms with E-state index in [1.807, 2.05) is 24.3 Å². The minimum atomic E-state index is -0.507. The molecule has 3 heteroatoms. The molecule has 21 heavy (non-hydrogen) atoms. The first-order valence-corrected chi connectivity index (χ1v) is 7.84. The van der Waals surface area contributed by atoms with E-state index >= 15 is 0 Å². The summed E-state index contributed by atoms with van der Waals surface area (Å²) in [6.45, 7) is 10.5. The maximum absolute atomic E-state index is 11.0. The molecule has 3 nitrogen and oxygen atoms in total. The van der Waals surface area contributed by atoms with Crippen molar-refractivity contribution in [2.24, 2.45) is 0 Å². The van der Waals surface area contributed by atoms with Gasteiger partial charge in [0.1, 0.15) is 0 Å². The zero-order valence-corrected chi connectivity index (χ0v) is 13.5. The van der Waals surface area contributed by atoms with E-state index in [-0.39, 0.29) is 5.54 Å². The van der Waals surface area contributed by atoms with E-state index in [1.54, 1.807) is 6.20 Å². The summed E-state index contributed by atoms with van der Waals surface area (Å²) in [5.74, 6) is 0. The van der Waals surface area contributed by atoms with Gasteiger partial charge >= 0.3 is 0 Å². The summed E-state index contributed by atoms with van der Waals surface area (Å²) in [5, 5.41) is 12.0. The number of rotatable bonds is 6. The number of fused-ring (bicyclic) bond motifs is 1. The molecule has 0 aliphatic heterocycles. The maximum atomic E-state index is 11.0. The average Bonchev–Trinajstić information content (AvgIpc) is 2.54. The van der Waals surface area contributed by atoms with E-state index in [1.165, 1.54) is 0 Å². The van der Waals surface area contributed by atoms with Crippen molar-refractivity contribution < 1.29 is 5.11 Å². The van der Waals surface area contributed by atoms with Crippen LogP contribution in [0.3, 0.4) is 0 Å². The first-order chi connectivity index (χ1) is 10.1. The Bertz CT molecular complexity index is 595. The van der Waals surface area contributed by atoms with Gasteiger partial charge in [0.25, 0.3) is 0 Å². The van der Waals surface area contributed by atoms with Gasteiger partial charge in [-0.3, -0.25) is 9.88 Å². The highest BCUT2D eigenvalue weighted by Crippen LogP contribution is 2.35. The summed E-state index contributed by atoms with van der Waals surface area (Å²) in [5.41, 5.74) is 1.68. The fourth-order valence-electron chi connectivity index (χ4n) is 3.16. The molecule has 2 rings (SSSR count). The zero-order chi connectivity index (χ0) is 15.5. The van der Waals surface area contributed by atoms with Crippen LogP contribution in [0, 0.1) is 0 Å². The van der Waals surface area contributed by atoms with Crippen molar-refractivity contribution in [3.05, 3.63) is 42.1 Å². The van der Waals surface area contributed by atoms with E-state index in [0.29, 0.717) is 0 Å². The second-order valence-electron chi connectivity index (χ2n) is 5.74. The Morgan fingerprint density at radius 1 is 1.19 bits per heavy atom. The van der Waals surface area contributed by atoms with Crippen molar-refractivity contribution in [1.82, 2.24) is 9.88 Å². The fraction of sp³-hybridized carbons (Fsp3) is 0.500. The molecule has 1 heterocycles.